The lowest BCUT2D eigenvalue weighted by Gasteiger charge is -2.27. The van der Waals surface area contributed by atoms with Gasteiger partial charge in [0.25, 0.3) is 0 Å². The highest BCUT2D eigenvalue weighted by Crippen LogP contribution is 2.30. The fourth-order valence-corrected chi connectivity index (χ4v) is 2.09. The second-order valence-corrected chi connectivity index (χ2v) is 4.89. The molecule has 0 radical (unpaired) electrons. The SMILES string of the molecule is CCNc1ccc(N(C)C(=O)CC2CCC2)cn1. The van der Waals surface area contributed by atoms with Gasteiger partial charge in [0.15, 0.2) is 0 Å². The van der Waals surface area contributed by atoms with Crippen molar-refractivity contribution in [2.45, 2.75) is 32.6 Å². The van der Waals surface area contributed by atoms with Crippen molar-refractivity contribution in [3.8, 4) is 0 Å². The number of amides is 1. The molecule has 0 aromatic carbocycles. The van der Waals surface area contributed by atoms with Gasteiger partial charge in [-0.2, -0.15) is 0 Å². The first-order valence-electron chi connectivity index (χ1n) is 6.67. The average Bonchev–Trinajstić information content (AvgIpc) is 2.34. The van der Waals surface area contributed by atoms with Gasteiger partial charge < -0.3 is 10.2 Å². The van der Waals surface area contributed by atoms with Crippen LogP contribution in [-0.2, 0) is 4.79 Å². The quantitative estimate of drug-likeness (QED) is 0.870. The Labute approximate surface area is 108 Å². The van der Waals surface area contributed by atoms with Crippen LogP contribution in [0, 0.1) is 5.92 Å². The van der Waals surface area contributed by atoms with Gasteiger partial charge in [0.05, 0.1) is 11.9 Å². The number of aromatic nitrogens is 1. The van der Waals surface area contributed by atoms with Gasteiger partial charge >= 0.3 is 0 Å². The Hall–Kier alpha value is -1.58. The van der Waals surface area contributed by atoms with Gasteiger partial charge in [0, 0.05) is 20.0 Å². The molecular formula is C14H21N3O. The molecule has 1 aromatic rings. The highest BCUT2D eigenvalue weighted by molar-refractivity contribution is 5.92. The molecule has 0 bridgehead atoms. The van der Waals surface area contributed by atoms with Crippen LogP contribution in [0.1, 0.15) is 32.6 Å². The second kappa shape index (κ2) is 5.85. The summed E-state index contributed by atoms with van der Waals surface area (Å²) in [5.74, 6) is 1.65. The molecule has 1 N–H and O–H groups in total. The molecule has 0 atom stereocenters. The molecule has 0 spiro atoms. The highest BCUT2D eigenvalue weighted by atomic mass is 16.2. The first-order valence-corrected chi connectivity index (χ1v) is 6.67. The lowest BCUT2D eigenvalue weighted by molar-refractivity contribution is -0.119. The zero-order chi connectivity index (χ0) is 13.0. The van der Waals surface area contributed by atoms with Gasteiger partial charge in [-0.15, -0.1) is 0 Å². The highest BCUT2D eigenvalue weighted by Gasteiger charge is 2.22. The van der Waals surface area contributed by atoms with E-state index in [-0.39, 0.29) is 5.91 Å². The Bertz CT molecular complexity index is 398. The van der Waals surface area contributed by atoms with Crippen LogP contribution in [0.25, 0.3) is 0 Å². The predicted molar refractivity (Wildman–Crippen MR) is 73.8 cm³/mol. The largest absolute Gasteiger partial charge is 0.370 e. The van der Waals surface area contributed by atoms with Crippen LogP contribution in [0.2, 0.25) is 0 Å². The van der Waals surface area contributed by atoms with E-state index in [1.54, 1.807) is 11.1 Å². The molecule has 0 aliphatic heterocycles. The number of nitrogens with one attached hydrogen (secondary N) is 1. The van der Waals surface area contributed by atoms with E-state index in [0.29, 0.717) is 12.3 Å². The van der Waals surface area contributed by atoms with Crippen LogP contribution < -0.4 is 10.2 Å². The van der Waals surface area contributed by atoms with Gasteiger partial charge in [0.2, 0.25) is 5.91 Å². The molecular weight excluding hydrogens is 226 g/mol. The fraction of sp³-hybridized carbons (Fsp3) is 0.571. The first-order chi connectivity index (χ1) is 8.70. The van der Waals surface area contributed by atoms with Crippen molar-refractivity contribution in [3.63, 3.8) is 0 Å². The summed E-state index contributed by atoms with van der Waals surface area (Å²) in [6, 6.07) is 3.84. The second-order valence-electron chi connectivity index (χ2n) is 4.89. The third-order valence-electron chi connectivity index (χ3n) is 3.56. The molecule has 98 valence electrons. The van der Waals surface area contributed by atoms with Crippen LogP contribution in [0.15, 0.2) is 18.3 Å². The zero-order valence-corrected chi connectivity index (χ0v) is 11.1. The van der Waals surface area contributed by atoms with Crippen LogP contribution in [0.4, 0.5) is 11.5 Å². The van der Waals surface area contributed by atoms with E-state index in [1.165, 1.54) is 19.3 Å². The van der Waals surface area contributed by atoms with E-state index in [9.17, 15) is 4.79 Å². The maximum Gasteiger partial charge on any atom is 0.227 e. The summed E-state index contributed by atoms with van der Waals surface area (Å²) < 4.78 is 0. The minimum Gasteiger partial charge on any atom is -0.370 e. The topological polar surface area (TPSA) is 45.2 Å². The summed E-state index contributed by atoms with van der Waals surface area (Å²) >= 11 is 0. The number of carbonyl (C=O) groups excluding carboxylic acids is 1. The number of hydrogen-bond acceptors (Lipinski definition) is 3. The number of anilines is 2. The van der Waals surface area contributed by atoms with Crippen molar-refractivity contribution in [1.82, 2.24) is 4.98 Å². The third kappa shape index (κ3) is 3.00. The summed E-state index contributed by atoms with van der Waals surface area (Å²) in [4.78, 5) is 18.0. The Balaban J connectivity index is 1.94. The summed E-state index contributed by atoms with van der Waals surface area (Å²) in [6.45, 7) is 2.88. The molecule has 18 heavy (non-hydrogen) atoms. The lowest BCUT2D eigenvalue weighted by atomic mass is 9.83. The van der Waals surface area contributed by atoms with Crippen molar-refractivity contribution in [3.05, 3.63) is 18.3 Å². The first kappa shape index (κ1) is 12.9. The minimum atomic E-state index is 0.192. The maximum atomic E-state index is 12.0. The summed E-state index contributed by atoms with van der Waals surface area (Å²) in [5, 5.41) is 3.14. The molecule has 1 aromatic heterocycles. The normalized spacial score (nSPS) is 15.0. The lowest BCUT2D eigenvalue weighted by Crippen LogP contribution is -2.29. The minimum absolute atomic E-state index is 0.192. The van der Waals surface area contributed by atoms with Gasteiger partial charge in [0.1, 0.15) is 5.82 Å². The number of pyridine rings is 1. The molecule has 2 rings (SSSR count). The molecule has 4 heteroatoms. The van der Waals surface area contributed by atoms with Gasteiger partial charge in [-0.1, -0.05) is 6.42 Å². The van der Waals surface area contributed by atoms with Crippen LogP contribution in [-0.4, -0.2) is 24.5 Å². The Kier molecular flexibility index (Phi) is 4.18. The summed E-state index contributed by atoms with van der Waals surface area (Å²) in [7, 11) is 1.82. The van der Waals surface area contributed by atoms with Gasteiger partial charge in [-0.05, 0) is 37.8 Å². The average molecular weight is 247 g/mol. The molecule has 1 saturated carbocycles. The van der Waals surface area contributed by atoms with Crippen LogP contribution >= 0.6 is 0 Å². The molecule has 1 heterocycles. The van der Waals surface area contributed by atoms with Gasteiger partial charge in [-0.25, -0.2) is 4.98 Å². The van der Waals surface area contributed by atoms with Crippen molar-refractivity contribution < 1.29 is 4.79 Å². The Morgan fingerprint density at radius 2 is 2.28 bits per heavy atom. The molecule has 1 aliphatic carbocycles. The van der Waals surface area contributed by atoms with E-state index in [2.05, 4.69) is 10.3 Å². The number of rotatable bonds is 5. The maximum absolute atomic E-state index is 12.0. The number of carbonyl (C=O) groups is 1. The summed E-state index contributed by atoms with van der Waals surface area (Å²) in [6.07, 6.45) is 6.11. The van der Waals surface area contributed by atoms with E-state index in [4.69, 9.17) is 0 Å². The van der Waals surface area contributed by atoms with Crippen molar-refractivity contribution in [2.24, 2.45) is 5.92 Å². The molecule has 1 aliphatic rings. The van der Waals surface area contributed by atoms with Crippen molar-refractivity contribution >= 4 is 17.4 Å². The van der Waals surface area contributed by atoms with Crippen molar-refractivity contribution in [1.29, 1.82) is 0 Å². The number of hydrogen-bond donors (Lipinski definition) is 1. The van der Waals surface area contributed by atoms with E-state index < -0.39 is 0 Å². The van der Waals surface area contributed by atoms with Gasteiger partial charge in [-0.3, -0.25) is 4.79 Å². The monoisotopic (exact) mass is 247 g/mol. The van der Waals surface area contributed by atoms with Crippen LogP contribution in [0.5, 0.6) is 0 Å². The zero-order valence-electron chi connectivity index (χ0n) is 11.1. The predicted octanol–water partition coefficient (Wildman–Crippen LogP) is 2.67. The fourth-order valence-electron chi connectivity index (χ4n) is 2.09. The van der Waals surface area contributed by atoms with E-state index in [0.717, 1.165) is 18.1 Å². The molecule has 0 unspecified atom stereocenters. The smallest absolute Gasteiger partial charge is 0.227 e. The summed E-state index contributed by atoms with van der Waals surface area (Å²) in [5.41, 5.74) is 0.862. The third-order valence-corrected chi connectivity index (χ3v) is 3.56. The molecule has 4 nitrogen and oxygen atoms in total. The Morgan fingerprint density at radius 1 is 1.50 bits per heavy atom. The standard InChI is InChI=1S/C14H21N3O/c1-3-15-13-8-7-12(10-16-13)17(2)14(18)9-11-5-4-6-11/h7-8,10-11H,3-6,9H2,1-2H3,(H,15,16). The van der Waals surface area contributed by atoms with Crippen LogP contribution in [0.3, 0.4) is 0 Å². The Morgan fingerprint density at radius 3 is 2.78 bits per heavy atom. The number of nitrogens with zero attached hydrogens (tertiary/aromatic N) is 2. The van der Waals surface area contributed by atoms with Crippen molar-refractivity contribution in [2.75, 3.05) is 23.8 Å². The van der Waals surface area contributed by atoms with E-state index >= 15 is 0 Å². The molecule has 0 saturated heterocycles. The van der Waals surface area contributed by atoms with E-state index in [1.807, 2.05) is 26.1 Å². The molecule has 1 fully saturated rings. The molecule has 1 amide bonds.